The van der Waals surface area contributed by atoms with Crippen LogP contribution in [-0.4, -0.2) is 38.7 Å². The van der Waals surface area contributed by atoms with Crippen LogP contribution in [0.2, 0.25) is 0 Å². The lowest BCUT2D eigenvalue weighted by molar-refractivity contribution is -0.384. The molecule has 1 aromatic carbocycles. The van der Waals surface area contributed by atoms with E-state index in [1.165, 1.54) is 6.07 Å². The van der Waals surface area contributed by atoms with Gasteiger partial charge in [-0.2, -0.15) is 0 Å². The minimum absolute atomic E-state index is 0.0602. The number of anilines is 1. The van der Waals surface area contributed by atoms with E-state index >= 15 is 0 Å². The van der Waals surface area contributed by atoms with E-state index in [-0.39, 0.29) is 11.7 Å². The van der Waals surface area contributed by atoms with Gasteiger partial charge in [-0.05, 0) is 25.0 Å². The molecule has 8 heteroatoms. The van der Waals surface area contributed by atoms with E-state index in [1.807, 2.05) is 11.0 Å². The standard InChI is InChI=1S/C12H17N3O4S/c1-9-3-4-11(12(7-9)15(16)17)14-6-5-10(8-14)13-20(2,18)19/h3-4,7,10,13H,5-6,8H2,1-2H3/t10-/m0/s1. The second-order valence-corrected chi connectivity index (χ2v) is 6.85. The van der Waals surface area contributed by atoms with E-state index < -0.39 is 14.9 Å². The predicted octanol–water partition coefficient (Wildman–Crippen LogP) is 1.03. The molecule has 0 spiro atoms. The van der Waals surface area contributed by atoms with Crippen molar-refractivity contribution >= 4 is 21.4 Å². The van der Waals surface area contributed by atoms with Crippen molar-refractivity contribution in [2.45, 2.75) is 19.4 Å². The Morgan fingerprint density at radius 1 is 1.45 bits per heavy atom. The summed E-state index contributed by atoms with van der Waals surface area (Å²) >= 11 is 0. The maximum atomic E-state index is 11.2. The second kappa shape index (κ2) is 5.37. The van der Waals surface area contributed by atoms with Gasteiger partial charge in [0.15, 0.2) is 0 Å². The van der Waals surface area contributed by atoms with Crippen molar-refractivity contribution in [3.63, 3.8) is 0 Å². The molecule has 1 aliphatic heterocycles. The molecule has 110 valence electrons. The van der Waals surface area contributed by atoms with Crippen LogP contribution in [0.25, 0.3) is 0 Å². The summed E-state index contributed by atoms with van der Waals surface area (Å²) in [6.07, 6.45) is 1.75. The highest BCUT2D eigenvalue weighted by Gasteiger charge is 2.28. The van der Waals surface area contributed by atoms with Crippen LogP contribution in [0, 0.1) is 17.0 Å². The lowest BCUT2D eigenvalue weighted by atomic mass is 10.2. The third-order valence-electron chi connectivity index (χ3n) is 3.24. The average molecular weight is 299 g/mol. The van der Waals surface area contributed by atoms with Crippen LogP contribution < -0.4 is 9.62 Å². The number of benzene rings is 1. The first-order valence-corrected chi connectivity index (χ1v) is 8.13. The summed E-state index contributed by atoms with van der Waals surface area (Å²) in [5, 5.41) is 11.1. The summed E-state index contributed by atoms with van der Waals surface area (Å²) in [6.45, 7) is 2.84. The van der Waals surface area contributed by atoms with Gasteiger partial charge in [-0.1, -0.05) is 6.07 Å². The Labute approximate surface area is 117 Å². The zero-order chi connectivity index (χ0) is 14.9. The number of hydrogen-bond donors (Lipinski definition) is 1. The number of aryl methyl sites for hydroxylation is 1. The fourth-order valence-electron chi connectivity index (χ4n) is 2.43. The molecule has 0 aromatic heterocycles. The molecule has 1 aliphatic rings. The van der Waals surface area contributed by atoms with E-state index in [9.17, 15) is 18.5 Å². The molecule has 1 atom stereocenters. The molecular formula is C12H17N3O4S. The Hall–Kier alpha value is -1.67. The Morgan fingerprint density at radius 3 is 2.75 bits per heavy atom. The van der Waals surface area contributed by atoms with Crippen molar-refractivity contribution in [2.75, 3.05) is 24.2 Å². The molecule has 0 saturated carbocycles. The fourth-order valence-corrected chi connectivity index (χ4v) is 3.22. The minimum atomic E-state index is -3.26. The van der Waals surface area contributed by atoms with Crippen LogP contribution in [0.1, 0.15) is 12.0 Å². The van der Waals surface area contributed by atoms with Gasteiger partial charge in [-0.3, -0.25) is 10.1 Å². The van der Waals surface area contributed by atoms with Crippen molar-refractivity contribution in [1.29, 1.82) is 0 Å². The zero-order valence-electron chi connectivity index (χ0n) is 11.4. The summed E-state index contributed by atoms with van der Waals surface area (Å²) in [6, 6.07) is 4.87. The molecule has 0 bridgehead atoms. The molecule has 7 nitrogen and oxygen atoms in total. The van der Waals surface area contributed by atoms with Gasteiger partial charge in [0.05, 0.1) is 11.2 Å². The minimum Gasteiger partial charge on any atom is -0.364 e. The van der Waals surface area contributed by atoms with Crippen molar-refractivity contribution in [2.24, 2.45) is 0 Å². The van der Waals surface area contributed by atoms with Gasteiger partial charge in [0.2, 0.25) is 10.0 Å². The molecule has 1 heterocycles. The molecule has 0 amide bonds. The number of nitrogens with zero attached hydrogens (tertiary/aromatic N) is 2. The van der Waals surface area contributed by atoms with Crippen LogP contribution in [0.15, 0.2) is 18.2 Å². The van der Waals surface area contributed by atoms with Crippen LogP contribution in [-0.2, 0) is 10.0 Å². The molecule has 0 radical (unpaired) electrons. The van der Waals surface area contributed by atoms with Crippen LogP contribution in [0.5, 0.6) is 0 Å². The molecule has 20 heavy (non-hydrogen) atoms. The van der Waals surface area contributed by atoms with Gasteiger partial charge < -0.3 is 4.90 Å². The number of hydrogen-bond acceptors (Lipinski definition) is 5. The van der Waals surface area contributed by atoms with Gasteiger partial charge in [-0.25, -0.2) is 13.1 Å². The predicted molar refractivity (Wildman–Crippen MR) is 76.4 cm³/mol. The first-order valence-electron chi connectivity index (χ1n) is 6.23. The fraction of sp³-hybridized carbons (Fsp3) is 0.500. The average Bonchev–Trinajstić information content (AvgIpc) is 2.74. The Kier molecular flexibility index (Phi) is 3.96. The van der Waals surface area contributed by atoms with Crippen molar-refractivity contribution in [1.82, 2.24) is 4.72 Å². The van der Waals surface area contributed by atoms with E-state index in [2.05, 4.69) is 4.72 Å². The van der Waals surface area contributed by atoms with E-state index in [0.717, 1.165) is 11.8 Å². The lowest BCUT2D eigenvalue weighted by Crippen LogP contribution is -2.36. The number of nitro benzene ring substituents is 1. The molecule has 1 saturated heterocycles. The summed E-state index contributed by atoms with van der Waals surface area (Å²) < 4.78 is 25.0. The first kappa shape index (κ1) is 14.7. The van der Waals surface area contributed by atoms with Gasteiger partial charge in [0, 0.05) is 25.2 Å². The maximum Gasteiger partial charge on any atom is 0.292 e. The number of sulfonamides is 1. The third-order valence-corrected chi connectivity index (χ3v) is 4.00. The Morgan fingerprint density at radius 2 is 2.15 bits per heavy atom. The topological polar surface area (TPSA) is 92.6 Å². The van der Waals surface area contributed by atoms with Gasteiger partial charge in [0.1, 0.15) is 5.69 Å². The SMILES string of the molecule is Cc1ccc(N2CC[C@H](NS(C)(=O)=O)C2)c([N+](=O)[O-])c1. The molecule has 0 aliphatic carbocycles. The van der Waals surface area contributed by atoms with E-state index in [0.29, 0.717) is 25.2 Å². The normalized spacial score (nSPS) is 19.3. The third kappa shape index (κ3) is 3.45. The van der Waals surface area contributed by atoms with Crippen molar-refractivity contribution < 1.29 is 13.3 Å². The van der Waals surface area contributed by atoms with Crippen LogP contribution in [0.4, 0.5) is 11.4 Å². The highest BCUT2D eigenvalue weighted by Crippen LogP contribution is 2.31. The molecule has 0 unspecified atom stereocenters. The lowest BCUT2D eigenvalue weighted by Gasteiger charge is -2.19. The highest BCUT2D eigenvalue weighted by molar-refractivity contribution is 7.88. The smallest absolute Gasteiger partial charge is 0.292 e. The summed E-state index contributed by atoms with van der Waals surface area (Å²) in [5.74, 6) is 0. The number of rotatable bonds is 4. The quantitative estimate of drug-likeness (QED) is 0.662. The number of nitro groups is 1. The highest BCUT2D eigenvalue weighted by atomic mass is 32.2. The van der Waals surface area contributed by atoms with E-state index in [4.69, 9.17) is 0 Å². The van der Waals surface area contributed by atoms with Gasteiger partial charge in [-0.15, -0.1) is 0 Å². The Bertz CT molecular complexity index is 630. The zero-order valence-corrected chi connectivity index (χ0v) is 12.2. The molecule has 2 rings (SSSR count). The Balaban J connectivity index is 2.20. The van der Waals surface area contributed by atoms with Crippen LogP contribution in [0.3, 0.4) is 0 Å². The second-order valence-electron chi connectivity index (χ2n) is 5.07. The molecule has 1 aromatic rings. The maximum absolute atomic E-state index is 11.2. The van der Waals surface area contributed by atoms with Crippen molar-refractivity contribution in [3.05, 3.63) is 33.9 Å². The van der Waals surface area contributed by atoms with Gasteiger partial charge in [0.25, 0.3) is 5.69 Å². The van der Waals surface area contributed by atoms with E-state index in [1.54, 1.807) is 13.0 Å². The summed E-state index contributed by atoms with van der Waals surface area (Å²) in [7, 11) is -3.26. The first-order chi connectivity index (χ1) is 9.26. The molecular weight excluding hydrogens is 282 g/mol. The van der Waals surface area contributed by atoms with Crippen molar-refractivity contribution in [3.8, 4) is 0 Å². The van der Waals surface area contributed by atoms with Crippen LogP contribution >= 0.6 is 0 Å². The summed E-state index contributed by atoms with van der Waals surface area (Å²) in [4.78, 5) is 12.6. The largest absolute Gasteiger partial charge is 0.364 e. The summed E-state index contributed by atoms with van der Waals surface area (Å²) in [5.41, 5.74) is 1.42. The monoisotopic (exact) mass is 299 g/mol. The van der Waals surface area contributed by atoms with Gasteiger partial charge >= 0.3 is 0 Å². The number of nitrogens with one attached hydrogen (secondary N) is 1. The molecule has 1 fully saturated rings. The molecule has 1 N–H and O–H groups in total.